The minimum Gasteiger partial charge on any atom is -0.344 e. The highest BCUT2D eigenvalue weighted by Crippen LogP contribution is 2.31. The number of carbonyl (C=O) groups is 4. The summed E-state index contributed by atoms with van der Waals surface area (Å²) in [5.74, 6) is -0.963. The number of hydrogen-bond donors (Lipinski definition) is 2. The van der Waals surface area contributed by atoms with Crippen molar-refractivity contribution in [3.8, 4) is 0 Å². The van der Waals surface area contributed by atoms with Crippen LogP contribution in [0.3, 0.4) is 0 Å². The summed E-state index contributed by atoms with van der Waals surface area (Å²) in [4.78, 5) is 54.8. The first-order chi connectivity index (χ1) is 17.0. The molecule has 3 aromatic rings. The van der Waals surface area contributed by atoms with Crippen molar-refractivity contribution in [2.24, 2.45) is 0 Å². The Morgan fingerprint density at radius 3 is 1.46 bits per heavy atom. The van der Waals surface area contributed by atoms with Gasteiger partial charge < -0.3 is 10.6 Å². The fraction of sp³-hybridized carbons (Fsp3) is 0.385. The smallest absolute Gasteiger partial charge is 0.261 e. The minimum atomic E-state index is -0.385. The van der Waals surface area contributed by atoms with E-state index in [-0.39, 0.29) is 36.5 Å². The van der Waals surface area contributed by atoms with Gasteiger partial charge in [-0.3, -0.25) is 19.2 Å². The average molecular weight is 527 g/mol. The number of rotatable bonds is 8. The third-order valence-corrected chi connectivity index (χ3v) is 10.1. The molecule has 3 heterocycles. The summed E-state index contributed by atoms with van der Waals surface area (Å²) in [5.41, 5.74) is 2.53. The number of aryl methyl sites for hydroxylation is 4. The molecular formula is C26H26N2O4S3. The van der Waals surface area contributed by atoms with Gasteiger partial charge in [0.1, 0.15) is 0 Å². The van der Waals surface area contributed by atoms with Crippen LogP contribution in [0.4, 0.5) is 0 Å². The van der Waals surface area contributed by atoms with E-state index in [1.165, 1.54) is 43.6 Å². The van der Waals surface area contributed by atoms with Crippen LogP contribution in [0.25, 0.3) is 0 Å². The van der Waals surface area contributed by atoms with E-state index in [0.29, 0.717) is 19.5 Å². The highest BCUT2D eigenvalue weighted by molar-refractivity contribution is 7.16. The fourth-order valence-corrected chi connectivity index (χ4v) is 7.73. The number of thiophene rings is 3. The number of Topliss-reactive ketones (excluding diaryl/α,β-unsaturated/α-hetero) is 2. The van der Waals surface area contributed by atoms with E-state index in [9.17, 15) is 19.2 Å². The number of nitrogens with one attached hydrogen (secondary N) is 2. The molecule has 2 amide bonds. The Hall–Kier alpha value is -2.62. The van der Waals surface area contributed by atoms with Gasteiger partial charge in [-0.15, -0.1) is 34.0 Å². The first-order valence-electron chi connectivity index (χ1n) is 11.9. The number of fused-ring (bicyclic) bond motifs is 2. The molecule has 2 aliphatic rings. The largest absolute Gasteiger partial charge is 0.344 e. The van der Waals surface area contributed by atoms with Gasteiger partial charge in [0.05, 0.1) is 32.6 Å². The van der Waals surface area contributed by atoms with Gasteiger partial charge in [-0.05, 0) is 86.8 Å². The van der Waals surface area contributed by atoms with Crippen molar-refractivity contribution in [3.63, 3.8) is 0 Å². The predicted octanol–water partition coefficient (Wildman–Crippen LogP) is 4.85. The van der Waals surface area contributed by atoms with E-state index in [1.54, 1.807) is 12.1 Å². The lowest BCUT2D eigenvalue weighted by molar-refractivity contribution is 0.0907. The van der Waals surface area contributed by atoms with E-state index in [4.69, 9.17) is 0 Å². The van der Waals surface area contributed by atoms with Crippen molar-refractivity contribution in [2.45, 2.75) is 51.4 Å². The third-order valence-electron chi connectivity index (χ3n) is 6.42. The van der Waals surface area contributed by atoms with Crippen molar-refractivity contribution < 1.29 is 19.2 Å². The van der Waals surface area contributed by atoms with Gasteiger partial charge in [-0.1, -0.05) is 0 Å². The third kappa shape index (κ3) is 5.47. The number of ketones is 2. The molecule has 0 spiro atoms. The first kappa shape index (κ1) is 24.1. The molecule has 35 heavy (non-hydrogen) atoms. The summed E-state index contributed by atoms with van der Waals surface area (Å²) in [6.45, 7) is -0.145. The summed E-state index contributed by atoms with van der Waals surface area (Å²) < 4.78 is 0. The molecule has 2 N–H and O–H groups in total. The molecule has 3 aromatic heterocycles. The zero-order chi connectivity index (χ0) is 24.4. The Labute approximate surface area is 215 Å². The van der Waals surface area contributed by atoms with Crippen LogP contribution < -0.4 is 10.6 Å². The van der Waals surface area contributed by atoms with Gasteiger partial charge in [0.2, 0.25) is 0 Å². The maximum atomic E-state index is 12.5. The maximum absolute atomic E-state index is 12.5. The first-order valence-corrected chi connectivity index (χ1v) is 14.4. The van der Waals surface area contributed by atoms with Crippen LogP contribution in [0.1, 0.15) is 85.3 Å². The second kappa shape index (κ2) is 10.6. The van der Waals surface area contributed by atoms with Crippen LogP contribution in [-0.4, -0.2) is 36.5 Å². The van der Waals surface area contributed by atoms with Gasteiger partial charge in [-0.25, -0.2) is 0 Å². The SMILES string of the molecule is O=C(CNC(=O)c1ccc(C(=O)NCC(=O)c2cc3c(s2)CCCC3)s1)c1cc2c(s1)CCCC2. The molecular weight excluding hydrogens is 500 g/mol. The van der Waals surface area contributed by atoms with E-state index in [1.807, 2.05) is 12.1 Å². The van der Waals surface area contributed by atoms with Crippen molar-refractivity contribution in [1.82, 2.24) is 10.6 Å². The molecule has 0 bridgehead atoms. The lowest BCUT2D eigenvalue weighted by atomic mass is 9.99. The molecule has 0 fully saturated rings. The van der Waals surface area contributed by atoms with Crippen LogP contribution in [0.2, 0.25) is 0 Å². The van der Waals surface area contributed by atoms with E-state index in [2.05, 4.69) is 10.6 Å². The van der Waals surface area contributed by atoms with E-state index in [0.717, 1.165) is 62.7 Å². The summed E-state index contributed by atoms with van der Waals surface area (Å²) in [7, 11) is 0. The quantitative estimate of drug-likeness (QED) is 0.410. The Bertz CT molecular complexity index is 1160. The molecule has 0 saturated carbocycles. The molecule has 0 radical (unpaired) electrons. The lowest BCUT2D eigenvalue weighted by Gasteiger charge is -2.08. The zero-order valence-corrected chi connectivity index (χ0v) is 21.7. The number of carbonyl (C=O) groups excluding carboxylic acids is 4. The van der Waals surface area contributed by atoms with Crippen molar-refractivity contribution in [2.75, 3.05) is 13.1 Å². The molecule has 2 aliphatic carbocycles. The molecule has 0 aromatic carbocycles. The Morgan fingerprint density at radius 1 is 0.600 bits per heavy atom. The molecule has 0 atom stereocenters. The molecule has 0 unspecified atom stereocenters. The van der Waals surface area contributed by atoms with Crippen molar-refractivity contribution >= 4 is 57.4 Å². The highest BCUT2D eigenvalue weighted by atomic mass is 32.1. The maximum Gasteiger partial charge on any atom is 0.261 e. The molecule has 0 saturated heterocycles. The van der Waals surface area contributed by atoms with Crippen LogP contribution in [-0.2, 0) is 25.7 Å². The average Bonchev–Trinajstić information content (AvgIpc) is 3.62. The standard InChI is InChI=1S/C26H26N2O4S3/c29-17(23-11-15-5-1-3-7-19(15)33-23)13-27-25(31)21-9-10-22(35-21)26(32)28-14-18(30)24-12-16-6-2-4-8-20(16)34-24/h9-12H,1-8,13-14H2,(H,27,31)(H,28,32). The Kier molecular flexibility index (Phi) is 7.27. The fourth-order valence-electron chi connectivity index (χ4n) is 4.51. The Balaban J connectivity index is 1.12. The van der Waals surface area contributed by atoms with Crippen LogP contribution in [0.15, 0.2) is 24.3 Å². The van der Waals surface area contributed by atoms with Gasteiger partial charge in [0.15, 0.2) is 11.6 Å². The minimum absolute atomic E-state index is 0.0725. The van der Waals surface area contributed by atoms with Crippen LogP contribution >= 0.6 is 34.0 Å². The van der Waals surface area contributed by atoms with E-state index >= 15 is 0 Å². The predicted molar refractivity (Wildman–Crippen MR) is 140 cm³/mol. The highest BCUT2D eigenvalue weighted by Gasteiger charge is 2.21. The van der Waals surface area contributed by atoms with Gasteiger partial charge in [-0.2, -0.15) is 0 Å². The molecule has 6 nitrogen and oxygen atoms in total. The monoisotopic (exact) mass is 526 g/mol. The second-order valence-corrected chi connectivity index (χ2v) is 12.3. The summed E-state index contributed by atoms with van der Waals surface area (Å²) in [6, 6.07) is 7.07. The summed E-state index contributed by atoms with van der Waals surface area (Å²) in [5, 5.41) is 5.34. The molecule has 5 rings (SSSR count). The lowest BCUT2D eigenvalue weighted by Crippen LogP contribution is -2.29. The second-order valence-electron chi connectivity index (χ2n) is 8.91. The molecule has 182 valence electrons. The van der Waals surface area contributed by atoms with Crippen molar-refractivity contribution in [3.05, 3.63) is 64.7 Å². The van der Waals surface area contributed by atoms with Gasteiger partial charge >= 0.3 is 0 Å². The van der Waals surface area contributed by atoms with Gasteiger partial charge in [0, 0.05) is 9.75 Å². The zero-order valence-electron chi connectivity index (χ0n) is 19.2. The number of hydrogen-bond acceptors (Lipinski definition) is 7. The van der Waals surface area contributed by atoms with Crippen LogP contribution in [0.5, 0.6) is 0 Å². The molecule has 0 aliphatic heterocycles. The summed E-state index contributed by atoms with van der Waals surface area (Å²) in [6.07, 6.45) is 8.74. The molecule has 9 heteroatoms. The summed E-state index contributed by atoms with van der Waals surface area (Å²) >= 11 is 4.12. The van der Waals surface area contributed by atoms with Crippen LogP contribution in [0, 0.1) is 0 Å². The Morgan fingerprint density at radius 2 is 1.03 bits per heavy atom. The normalized spacial score (nSPS) is 14.6. The number of amides is 2. The van der Waals surface area contributed by atoms with Gasteiger partial charge in [0.25, 0.3) is 11.8 Å². The van der Waals surface area contributed by atoms with E-state index < -0.39 is 0 Å². The van der Waals surface area contributed by atoms with Crippen molar-refractivity contribution in [1.29, 1.82) is 0 Å². The topological polar surface area (TPSA) is 92.3 Å².